The highest BCUT2D eigenvalue weighted by molar-refractivity contribution is 9.10. The summed E-state index contributed by atoms with van der Waals surface area (Å²) in [6, 6.07) is 12.7. The smallest absolute Gasteiger partial charge is 0.127 e. The molecule has 0 fully saturated rings. The van der Waals surface area contributed by atoms with E-state index in [1.54, 1.807) is 6.07 Å². The van der Waals surface area contributed by atoms with E-state index in [9.17, 15) is 4.39 Å². The number of benzene rings is 2. The molecule has 0 aliphatic heterocycles. The van der Waals surface area contributed by atoms with Crippen LogP contribution in [0.2, 0.25) is 0 Å². The number of hydrogen-bond donors (Lipinski definition) is 2. The maximum absolute atomic E-state index is 13.8. The summed E-state index contributed by atoms with van der Waals surface area (Å²) in [7, 11) is 0. The summed E-state index contributed by atoms with van der Waals surface area (Å²) in [4.78, 5) is 0. The van der Waals surface area contributed by atoms with Crippen LogP contribution in [0.15, 0.2) is 51.4 Å². The summed E-state index contributed by atoms with van der Waals surface area (Å²) in [6.07, 6.45) is 0.492. The first-order chi connectivity index (χ1) is 9.10. The van der Waals surface area contributed by atoms with E-state index in [4.69, 9.17) is 5.84 Å². The molecule has 0 amide bonds. The third kappa shape index (κ3) is 3.86. The number of rotatable bonds is 4. The van der Waals surface area contributed by atoms with Gasteiger partial charge < -0.3 is 0 Å². The highest BCUT2D eigenvalue weighted by atomic mass is 79.9. The first-order valence-electron chi connectivity index (χ1n) is 5.75. The third-order valence-corrected chi connectivity index (χ3v) is 3.88. The van der Waals surface area contributed by atoms with Crippen LogP contribution in [0.5, 0.6) is 0 Å². The molecule has 0 aliphatic rings. The molecule has 0 spiro atoms. The van der Waals surface area contributed by atoms with Gasteiger partial charge in [0.05, 0.1) is 6.04 Å². The molecule has 2 aromatic rings. The van der Waals surface area contributed by atoms with Gasteiger partial charge in [0, 0.05) is 8.95 Å². The highest BCUT2D eigenvalue weighted by Crippen LogP contribution is 2.23. The minimum absolute atomic E-state index is 0.131. The Morgan fingerprint density at radius 2 is 1.84 bits per heavy atom. The Balaban J connectivity index is 2.24. The Bertz CT molecular complexity index is 575. The summed E-state index contributed by atoms with van der Waals surface area (Å²) in [5.74, 6) is 5.35. The van der Waals surface area contributed by atoms with Crippen LogP contribution in [0.1, 0.15) is 17.2 Å². The Morgan fingerprint density at radius 3 is 2.47 bits per heavy atom. The molecule has 1 unspecified atom stereocenters. The lowest BCUT2D eigenvalue weighted by molar-refractivity contribution is 0.528. The molecule has 1 atom stereocenters. The first kappa shape index (κ1) is 14.7. The van der Waals surface area contributed by atoms with Gasteiger partial charge in [-0.05, 0) is 41.8 Å². The molecule has 3 N–H and O–H groups in total. The molecule has 100 valence electrons. The van der Waals surface area contributed by atoms with E-state index in [1.165, 1.54) is 6.07 Å². The van der Waals surface area contributed by atoms with Crippen LogP contribution < -0.4 is 11.3 Å². The molecule has 0 saturated heterocycles. The van der Waals surface area contributed by atoms with Gasteiger partial charge >= 0.3 is 0 Å². The molecule has 0 saturated carbocycles. The minimum Gasteiger partial charge on any atom is -0.271 e. The summed E-state index contributed by atoms with van der Waals surface area (Å²) in [5, 5.41) is 0. The van der Waals surface area contributed by atoms with Crippen molar-refractivity contribution in [3.05, 3.63) is 68.4 Å². The molecule has 0 aromatic heterocycles. The molecular formula is C14H13Br2FN2. The highest BCUT2D eigenvalue weighted by Gasteiger charge is 2.13. The Labute approximate surface area is 128 Å². The zero-order valence-corrected chi connectivity index (χ0v) is 13.2. The number of halogens is 3. The zero-order chi connectivity index (χ0) is 13.8. The van der Waals surface area contributed by atoms with Crippen LogP contribution in [0.4, 0.5) is 4.39 Å². The fraction of sp³-hybridized carbons (Fsp3) is 0.143. The fourth-order valence-corrected chi connectivity index (χ4v) is 2.65. The van der Waals surface area contributed by atoms with Crippen molar-refractivity contribution in [2.24, 2.45) is 5.84 Å². The van der Waals surface area contributed by atoms with Crippen LogP contribution in [0.3, 0.4) is 0 Å². The predicted octanol–water partition coefficient (Wildman–Crippen LogP) is 4.10. The maximum atomic E-state index is 13.8. The Hall–Kier alpha value is -0.750. The summed E-state index contributed by atoms with van der Waals surface area (Å²) in [5.41, 5.74) is 4.38. The second-order valence-corrected chi connectivity index (χ2v) is 6.05. The molecule has 0 aliphatic carbocycles. The first-order valence-corrected chi connectivity index (χ1v) is 7.34. The van der Waals surface area contributed by atoms with Gasteiger partial charge in [0.2, 0.25) is 0 Å². The van der Waals surface area contributed by atoms with Crippen LogP contribution in [-0.4, -0.2) is 0 Å². The quantitative estimate of drug-likeness (QED) is 0.612. The molecule has 2 rings (SSSR count). The maximum Gasteiger partial charge on any atom is 0.127 e. The largest absolute Gasteiger partial charge is 0.271 e. The van der Waals surface area contributed by atoms with E-state index >= 15 is 0 Å². The van der Waals surface area contributed by atoms with E-state index < -0.39 is 0 Å². The van der Waals surface area contributed by atoms with Crippen molar-refractivity contribution in [1.29, 1.82) is 0 Å². The van der Waals surface area contributed by atoms with Crippen molar-refractivity contribution in [1.82, 2.24) is 5.43 Å². The summed E-state index contributed by atoms with van der Waals surface area (Å²) in [6.45, 7) is 0. The Kier molecular flexibility index (Phi) is 5.10. The molecule has 2 aromatic carbocycles. The second-order valence-electron chi connectivity index (χ2n) is 4.21. The van der Waals surface area contributed by atoms with Crippen LogP contribution in [0.25, 0.3) is 0 Å². The van der Waals surface area contributed by atoms with Gasteiger partial charge in [-0.3, -0.25) is 11.3 Å². The average Bonchev–Trinajstić information content (AvgIpc) is 2.38. The van der Waals surface area contributed by atoms with E-state index in [2.05, 4.69) is 37.3 Å². The van der Waals surface area contributed by atoms with Crippen LogP contribution in [0, 0.1) is 5.82 Å². The van der Waals surface area contributed by atoms with E-state index in [-0.39, 0.29) is 11.9 Å². The Morgan fingerprint density at radius 1 is 1.11 bits per heavy atom. The van der Waals surface area contributed by atoms with Crippen LogP contribution >= 0.6 is 31.9 Å². The van der Waals surface area contributed by atoms with Crippen molar-refractivity contribution in [3.8, 4) is 0 Å². The molecule has 0 bridgehead atoms. The van der Waals surface area contributed by atoms with Crippen molar-refractivity contribution < 1.29 is 4.39 Å². The molecule has 0 heterocycles. The van der Waals surface area contributed by atoms with Gasteiger partial charge in [0.1, 0.15) is 5.82 Å². The lowest BCUT2D eigenvalue weighted by Crippen LogP contribution is -2.29. The monoisotopic (exact) mass is 386 g/mol. The van der Waals surface area contributed by atoms with Crippen LogP contribution in [-0.2, 0) is 6.42 Å². The lowest BCUT2D eigenvalue weighted by atomic mass is 9.99. The number of hydrogen-bond acceptors (Lipinski definition) is 2. The second kappa shape index (κ2) is 6.61. The van der Waals surface area contributed by atoms with Crippen molar-refractivity contribution in [3.63, 3.8) is 0 Å². The van der Waals surface area contributed by atoms with Gasteiger partial charge in [-0.25, -0.2) is 4.39 Å². The molecular weight excluding hydrogens is 375 g/mol. The summed E-state index contributed by atoms with van der Waals surface area (Å²) >= 11 is 6.67. The zero-order valence-electron chi connectivity index (χ0n) is 10.0. The standard InChI is InChI=1S/C14H13Br2FN2/c15-11-3-1-2-10(6-11)14(19-18)7-9-4-5-12(16)8-13(9)17/h1-6,8,14,19H,7,18H2. The van der Waals surface area contributed by atoms with Gasteiger partial charge in [0.15, 0.2) is 0 Å². The van der Waals surface area contributed by atoms with Gasteiger partial charge in [-0.15, -0.1) is 0 Å². The van der Waals surface area contributed by atoms with Crippen molar-refractivity contribution in [2.75, 3.05) is 0 Å². The van der Waals surface area contributed by atoms with Gasteiger partial charge in [-0.1, -0.05) is 50.1 Å². The van der Waals surface area contributed by atoms with E-state index in [0.29, 0.717) is 12.0 Å². The van der Waals surface area contributed by atoms with E-state index in [0.717, 1.165) is 14.5 Å². The SMILES string of the molecule is NNC(Cc1ccc(Br)cc1F)c1cccc(Br)c1. The van der Waals surface area contributed by atoms with Gasteiger partial charge in [-0.2, -0.15) is 0 Å². The van der Waals surface area contributed by atoms with Crippen molar-refractivity contribution in [2.45, 2.75) is 12.5 Å². The van der Waals surface area contributed by atoms with Gasteiger partial charge in [0.25, 0.3) is 0 Å². The lowest BCUT2D eigenvalue weighted by Gasteiger charge is -2.17. The number of nitrogens with two attached hydrogens (primary N) is 1. The molecule has 2 nitrogen and oxygen atoms in total. The molecule has 19 heavy (non-hydrogen) atoms. The predicted molar refractivity (Wildman–Crippen MR) is 82.0 cm³/mol. The topological polar surface area (TPSA) is 38.0 Å². The fourth-order valence-electron chi connectivity index (χ4n) is 1.90. The normalized spacial score (nSPS) is 12.4. The van der Waals surface area contributed by atoms with Crippen molar-refractivity contribution >= 4 is 31.9 Å². The molecule has 0 radical (unpaired) electrons. The molecule has 5 heteroatoms. The minimum atomic E-state index is -0.232. The summed E-state index contributed by atoms with van der Waals surface area (Å²) < 4.78 is 15.5. The number of hydrazine groups is 1. The van der Waals surface area contributed by atoms with E-state index in [1.807, 2.05) is 30.3 Å². The average molecular weight is 388 g/mol. The third-order valence-electron chi connectivity index (χ3n) is 2.89. The number of nitrogens with one attached hydrogen (secondary N) is 1.